The monoisotopic (exact) mass is 486 g/mol. The van der Waals surface area contributed by atoms with Crippen LogP contribution < -0.4 is 10.2 Å². The Kier molecular flexibility index (Phi) is 5.86. The molecule has 3 aromatic rings. The zero-order valence-corrected chi connectivity index (χ0v) is 21.0. The number of aromatic nitrogens is 3. The average molecular weight is 487 g/mol. The first-order chi connectivity index (χ1) is 17.2. The molecule has 9 nitrogen and oxygen atoms in total. The van der Waals surface area contributed by atoms with Crippen molar-refractivity contribution in [3.63, 3.8) is 0 Å². The highest BCUT2D eigenvalue weighted by molar-refractivity contribution is 6.00. The molecule has 0 bridgehead atoms. The normalized spacial score (nSPS) is 18.3. The number of nitrogens with one attached hydrogen (secondary N) is 1. The molecule has 1 atom stereocenters. The number of ketones is 1. The van der Waals surface area contributed by atoms with Crippen molar-refractivity contribution < 1.29 is 9.72 Å². The van der Waals surface area contributed by atoms with Crippen molar-refractivity contribution in [3.8, 4) is 11.4 Å². The number of fused-ring (bicyclic) bond motifs is 1. The van der Waals surface area contributed by atoms with E-state index in [1.165, 1.54) is 12.1 Å². The summed E-state index contributed by atoms with van der Waals surface area (Å²) in [7, 11) is 0. The predicted octanol–water partition coefficient (Wildman–Crippen LogP) is 5.36. The van der Waals surface area contributed by atoms with E-state index in [2.05, 4.69) is 50.0 Å². The van der Waals surface area contributed by atoms with Crippen molar-refractivity contribution in [1.82, 2.24) is 14.8 Å². The van der Waals surface area contributed by atoms with Crippen LogP contribution in [-0.4, -0.2) is 38.6 Å². The van der Waals surface area contributed by atoms with Gasteiger partial charge >= 0.3 is 0 Å². The summed E-state index contributed by atoms with van der Waals surface area (Å²) in [5.74, 6) is 1.08. The van der Waals surface area contributed by atoms with Crippen LogP contribution >= 0.6 is 0 Å². The molecule has 9 heteroatoms. The Balaban J connectivity index is 1.61. The Morgan fingerprint density at radius 1 is 1.14 bits per heavy atom. The molecular weight excluding hydrogens is 456 g/mol. The molecule has 2 aliphatic rings. The van der Waals surface area contributed by atoms with Gasteiger partial charge in [-0.3, -0.25) is 14.9 Å². The summed E-state index contributed by atoms with van der Waals surface area (Å²) >= 11 is 0. The molecular formula is C27H30N6O3. The zero-order valence-electron chi connectivity index (χ0n) is 21.0. The van der Waals surface area contributed by atoms with Crippen LogP contribution in [0.3, 0.4) is 0 Å². The first-order valence-corrected chi connectivity index (χ1v) is 12.3. The maximum absolute atomic E-state index is 13.4. The van der Waals surface area contributed by atoms with Crippen LogP contribution in [0.5, 0.6) is 0 Å². The third kappa shape index (κ3) is 4.14. The highest BCUT2D eigenvalue weighted by Crippen LogP contribution is 2.46. The largest absolute Gasteiger partial charge is 0.372 e. The van der Waals surface area contributed by atoms with E-state index in [-0.39, 0.29) is 16.9 Å². The number of nitro groups is 1. The lowest BCUT2D eigenvalue weighted by Crippen LogP contribution is -2.36. The van der Waals surface area contributed by atoms with Gasteiger partial charge in [-0.15, -0.1) is 5.10 Å². The number of hydrogen-bond donors (Lipinski definition) is 1. The summed E-state index contributed by atoms with van der Waals surface area (Å²) in [6.07, 6.45) is 1.09. The summed E-state index contributed by atoms with van der Waals surface area (Å²) in [5.41, 5.74) is 3.84. The van der Waals surface area contributed by atoms with Gasteiger partial charge in [-0.1, -0.05) is 26.0 Å². The maximum Gasteiger partial charge on any atom is 0.269 e. The van der Waals surface area contributed by atoms with Crippen molar-refractivity contribution in [2.75, 3.05) is 23.3 Å². The van der Waals surface area contributed by atoms with Crippen LogP contribution in [0.4, 0.5) is 17.3 Å². The Bertz CT molecular complexity index is 1370. The van der Waals surface area contributed by atoms with Gasteiger partial charge in [0, 0.05) is 54.2 Å². The van der Waals surface area contributed by atoms with Gasteiger partial charge in [0.1, 0.15) is 6.04 Å². The third-order valence-corrected chi connectivity index (χ3v) is 6.98. The van der Waals surface area contributed by atoms with Crippen LogP contribution in [0.1, 0.15) is 52.1 Å². The van der Waals surface area contributed by atoms with E-state index in [1.807, 2.05) is 18.2 Å². The van der Waals surface area contributed by atoms with E-state index in [4.69, 9.17) is 10.1 Å². The fraction of sp³-hybridized carbons (Fsp3) is 0.370. The number of carbonyl (C=O) groups excluding carboxylic acids is 1. The predicted molar refractivity (Wildman–Crippen MR) is 139 cm³/mol. The number of anilines is 2. The molecule has 0 saturated heterocycles. The first kappa shape index (κ1) is 23.7. The zero-order chi connectivity index (χ0) is 25.6. The SMILES string of the molecule is CCN(CC)c1ccc(-c2nc3n(n2)C(c2cccc([N+](=O)[O-])c2)C2=C(CC(C)(C)CC2=O)N3)cc1. The summed E-state index contributed by atoms with van der Waals surface area (Å²) < 4.78 is 1.70. The number of benzene rings is 2. The smallest absolute Gasteiger partial charge is 0.269 e. The van der Waals surface area contributed by atoms with Crippen LogP contribution in [0.25, 0.3) is 11.4 Å². The number of allylic oxidation sites excluding steroid dienone is 2. The van der Waals surface area contributed by atoms with Gasteiger partial charge in [0.05, 0.1) is 4.92 Å². The lowest BCUT2D eigenvalue weighted by Gasteiger charge is -2.38. The molecule has 0 amide bonds. The minimum absolute atomic E-state index is 0.0225. The minimum atomic E-state index is -0.587. The summed E-state index contributed by atoms with van der Waals surface area (Å²) in [4.78, 5) is 31.5. The van der Waals surface area contributed by atoms with Gasteiger partial charge < -0.3 is 10.2 Å². The molecule has 2 heterocycles. The molecule has 0 spiro atoms. The number of carbonyl (C=O) groups is 1. The van der Waals surface area contributed by atoms with Crippen molar-refractivity contribution in [3.05, 3.63) is 75.5 Å². The number of Topliss-reactive ketones (excluding diaryl/α,β-unsaturated/α-hetero) is 1. The molecule has 1 aromatic heterocycles. The van der Waals surface area contributed by atoms with E-state index in [9.17, 15) is 14.9 Å². The third-order valence-electron chi connectivity index (χ3n) is 6.98. The summed E-state index contributed by atoms with van der Waals surface area (Å²) in [6, 6.07) is 14.0. The molecule has 1 unspecified atom stereocenters. The van der Waals surface area contributed by atoms with E-state index in [0.717, 1.165) is 30.0 Å². The van der Waals surface area contributed by atoms with Gasteiger partial charge in [0.15, 0.2) is 11.6 Å². The van der Waals surface area contributed by atoms with Crippen molar-refractivity contribution >= 4 is 23.1 Å². The molecule has 0 fully saturated rings. The summed E-state index contributed by atoms with van der Waals surface area (Å²) in [6.45, 7) is 10.2. The van der Waals surface area contributed by atoms with Crippen molar-refractivity contribution in [2.45, 2.75) is 46.6 Å². The second-order valence-corrected chi connectivity index (χ2v) is 10.1. The standard InChI is InChI=1S/C27H30N6O3/c1-5-31(6-2)19-12-10-17(11-13-19)25-29-26-28-21-15-27(3,4)16-22(34)23(21)24(32(26)30-25)18-8-7-9-20(14-18)33(35)36/h7-14,24H,5-6,15-16H2,1-4H3,(H,28,29,30). The minimum Gasteiger partial charge on any atom is -0.372 e. The number of non-ortho nitro benzene ring substituents is 1. The fourth-order valence-corrected chi connectivity index (χ4v) is 5.26. The van der Waals surface area contributed by atoms with E-state index < -0.39 is 11.0 Å². The van der Waals surface area contributed by atoms with Crippen LogP contribution in [0.2, 0.25) is 0 Å². The number of nitrogens with zero attached hydrogens (tertiary/aromatic N) is 5. The second kappa shape index (κ2) is 8.89. The topological polar surface area (TPSA) is 106 Å². The van der Waals surface area contributed by atoms with E-state index >= 15 is 0 Å². The number of rotatable bonds is 6. The van der Waals surface area contributed by atoms with Crippen molar-refractivity contribution in [1.29, 1.82) is 0 Å². The van der Waals surface area contributed by atoms with Gasteiger partial charge in [-0.2, -0.15) is 4.98 Å². The molecule has 1 aliphatic heterocycles. The van der Waals surface area contributed by atoms with Crippen LogP contribution in [-0.2, 0) is 4.79 Å². The number of hydrogen-bond acceptors (Lipinski definition) is 7. The Morgan fingerprint density at radius 3 is 2.53 bits per heavy atom. The molecule has 1 aliphatic carbocycles. The molecule has 1 N–H and O–H groups in total. The lowest BCUT2D eigenvalue weighted by atomic mass is 9.73. The number of nitro benzene ring substituents is 1. The molecule has 0 radical (unpaired) electrons. The summed E-state index contributed by atoms with van der Waals surface area (Å²) in [5, 5.41) is 19.7. The molecule has 5 rings (SSSR count). The second-order valence-electron chi connectivity index (χ2n) is 10.1. The Hall–Kier alpha value is -4.01. The van der Waals surface area contributed by atoms with Gasteiger partial charge in [0.2, 0.25) is 5.95 Å². The van der Waals surface area contributed by atoms with Gasteiger partial charge in [-0.05, 0) is 55.5 Å². The fourth-order valence-electron chi connectivity index (χ4n) is 5.26. The van der Waals surface area contributed by atoms with Crippen LogP contribution in [0.15, 0.2) is 59.8 Å². The van der Waals surface area contributed by atoms with E-state index in [1.54, 1.807) is 10.7 Å². The van der Waals surface area contributed by atoms with Gasteiger partial charge in [0.25, 0.3) is 5.69 Å². The quantitative estimate of drug-likeness (QED) is 0.369. The van der Waals surface area contributed by atoms with Gasteiger partial charge in [-0.25, -0.2) is 4.68 Å². The first-order valence-electron chi connectivity index (χ1n) is 12.3. The maximum atomic E-state index is 13.4. The Labute approximate surface area is 210 Å². The van der Waals surface area contributed by atoms with E-state index in [0.29, 0.717) is 35.8 Å². The molecule has 0 saturated carbocycles. The molecule has 186 valence electrons. The molecule has 2 aromatic carbocycles. The lowest BCUT2D eigenvalue weighted by molar-refractivity contribution is -0.384. The Morgan fingerprint density at radius 2 is 1.86 bits per heavy atom. The van der Waals surface area contributed by atoms with Crippen LogP contribution in [0, 0.1) is 15.5 Å². The highest BCUT2D eigenvalue weighted by atomic mass is 16.6. The molecule has 36 heavy (non-hydrogen) atoms. The van der Waals surface area contributed by atoms with Crippen molar-refractivity contribution in [2.24, 2.45) is 5.41 Å². The highest BCUT2D eigenvalue weighted by Gasteiger charge is 2.42. The average Bonchev–Trinajstić information content (AvgIpc) is 3.27.